The fourth-order valence-electron chi connectivity index (χ4n) is 3.13. The van der Waals surface area contributed by atoms with Crippen LogP contribution in [0.4, 0.5) is 0 Å². The second kappa shape index (κ2) is 11.2. The summed E-state index contributed by atoms with van der Waals surface area (Å²) < 4.78 is 0. The molecule has 0 aliphatic heterocycles. The molecule has 3 rings (SSSR count). The van der Waals surface area contributed by atoms with Crippen molar-refractivity contribution in [3.63, 3.8) is 0 Å². The number of aromatic nitrogens is 1. The topological polar surface area (TPSA) is 50.2 Å². The molecule has 0 unspecified atom stereocenters. The van der Waals surface area contributed by atoms with Crippen molar-refractivity contribution in [3.05, 3.63) is 77.2 Å². The molecule has 33 heavy (non-hydrogen) atoms. The molecule has 1 heterocycles. The van der Waals surface area contributed by atoms with Gasteiger partial charge in [-0.2, -0.15) is 0 Å². The van der Waals surface area contributed by atoms with Gasteiger partial charge in [0, 0.05) is 43.2 Å². The minimum atomic E-state index is -0.417. The van der Waals surface area contributed by atoms with E-state index in [4.69, 9.17) is 0 Å². The van der Waals surface area contributed by atoms with Crippen molar-refractivity contribution in [2.75, 3.05) is 0 Å². The molecule has 3 nitrogen and oxygen atoms in total. The number of rotatable bonds is 2. The molecule has 2 aromatic carbocycles. The fourth-order valence-corrected chi connectivity index (χ4v) is 3.13. The number of aliphatic hydroxyl groups is 1. The van der Waals surface area contributed by atoms with Crippen molar-refractivity contribution in [2.45, 2.75) is 62.3 Å². The molecule has 4 heteroatoms. The molecule has 0 bridgehead atoms. The van der Waals surface area contributed by atoms with Gasteiger partial charge in [0.1, 0.15) is 5.76 Å². The Morgan fingerprint density at radius 2 is 1.52 bits per heavy atom. The van der Waals surface area contributed by atoms with Gasteiger partial charge in [0.25, 0.3) is 0 Å². The quantitative estimate of drug-likeness (QED) is 0.181. The monoisotopic (exact) mass is 623 g/mol. The van der Waals surface area contributed by atoms with E-state index in [9.17, 15) is 9.90 Å². The Hall–Kier alpha value is -2.29. The summed E-state index contributed by atoms with van der Waals surface area (Å²) in [6.45, 7) is 17.4. The minimum absolute atomic E-state index is 0. The van der Waals surface area contributed by atoms with E-state index in [0.717, 1.165) is 16.8 Å². The zero-order valence-corrected chi connectivity index (χ0v) is 23.6. The Kier molecular flexibility index (Phi) is 9.78. The van der Waals surface area contributed by atoms with Crippen LogP contribution in [-0.4, -0.2) is 15.9 Å². The number of fused-ring (bicyclic) bond motifs is 1. The molecule has 1 N–H and O–H groups in total. The number of benzene rings is 2. The number of carbonyl (C=O) groups excluding carboxylic acids is 1. The maximum Gasteiger partial charge on any atom is 0.164 e. The van der Waals surface area contributed by atoms with Crippen LogP contribution in [-0.2, 0) is 24.9 Å². The Labute approximate surface area is 212 Å². The smallest absolute Gasteiger partial charge is 0.164 e. The number of pyridine rings is 1. The summed E-state index contributed by atoms with van der Waals surface area (Å²) in [6.07, 6.45) is 3.28. The van der Waals surface area contributed by atoms with Gasteiger partial charge in [0.05, 0.1) is 0 Å². The summed E-state index contributed by atoms with van der Waals surface area (Å²) in [5.41, 5.74) is 4.95. The van der Waals surface area contributed by atoms with Crippen LogP contribution in [0.5, 0.6) is 0 Å². The van der Waals surface area contributed by atoms with Gasteiger partial charge in [0.15, 0.2) is 5.78 Å². The van der Waals surface area contributed by atoms with Crippen molar-refractivity contribution in [3.8, 4) is 11.3 Å². The number of hydrogen-bond acceptors (Lipinski definition) is 3. The van der Waals surface area contributed by atoms with E-state index in [1.165, 1.54) is 28.0 Å². The maximum atomic E-state index is 11.5. The number of ketones is 1. The molecule has 0 atom stereocenters. The predicted octanol–water partition coefficient (Wildman–Crippen LogP) is 7.71. The molecule has 1 radical (unpaired) electrons. The SMILES string of the molecule is CC(C)(C)C(=O)/C=C(\O)C(C)(C)C.Cc1[c-]c(-c2ncc(C)c3ccccc23)cc(C)c1.[Ir]. The summed E-state index contributed by atoms with van der Waals surface area (Å²) in [6, 6.07) is 16.1. The second-order valence-electron chi connectivity index (χ2n) is 10.5. The number of aryl methyl sites for hydroxylation is 3. The summed E-state index contributed by atoms with van der Waals surface area (Å²) in [5, 5.41) is 12.0. The number of hydrogen-bond donors (Lipinski definition) is 1. The molecule has 0 amide bonds. The Bertz CT molecular complexity index is 1130. The standard InChI is InChI=1S/C18H16N.C11H20O2.Ir/c1-12-8-13(2)10-15(9-12)18-17-7-5-4-6-16(17)14(3)11-19-18;1-10(2,3)8(12)7-9(13)11(4,5)6;/h4-9,11H,1-3H3;7,12H,1-6H3;/q-1;;/b;8-7-;. The van der Waals surface area contributed by atoms with Gasteiger partial charge in [0.2, 0.25) is 0 Å². The first-order chi connectivity index (χ1) is 14.7. The van der Waals surface area contributed by atoms with Crippen LogP contribution >= 0.6 is 0 Å². The van der Waals surface area contributed by atoms with E-state index in [1.807, 2.05) is 47.7 Å². The fraction of sp³-hybridized carbons (Fsp3) is 0.379. The second-order valence-corrected chi connectivity index (χ2v) is 10.5. The van der Waals surface area contributed by atoms with Crippen molar-refractivity contribution in [2.24, 2.45) is 10.8 Å². The number of nitrogens with zero attached hydrogens (tertiary/aromatic N) is 1. The predicted molar refractivity (Wildman–Crippen MR) is 135 cm³/mol. The van der Waals surface area contributed by atoms with Gasteiger partial charge < -0.3 is 10.1 Å². The molecular weight excluding hydrogens is 587 g/mol. The van der Waals surface area contributed by atoms with Gasteiger partial charge in [-0.15, -0.1) is 34.9 Å². The molecule has 0 aliphatic rings. The van der Waals surface area contributed by atoms with Crippen molar-refractivity contribution < 1.29 is 30.0 Å². The van der Waals surface area contributed by atoms with E-state index in [1.54, 1.807) is 0 Å². The number of allylic oxidation sites excluding steroid dienone is 2. The minimum Gasteiger partial charge on any atom is -0.512 e. The molecule has 1 aromatic heterocycles. The average Bonchev–Trinajstić information content (AvgIpc) is 2.66. The third-order valence-corrected chi connectivity index (χ3v) is 5.17. The van der Waals surface area contributed by atoms with Crippen molar-refractivity contribution in [1.82, 2.24) is 4.98 Å². The molecule has 0 saturated heterocycles. The van der Waals surface area contributed by atoms with Crippen LogP contribution in [0, 0.1) is 37.7 Å². The van der Waals surface area contributed by atoms with E-state index in [0.29, 0.717) is 0 Å². The first kappa shape index (κ1) is 28.7. The van der Waals surface area contributed by atoms with Crippen LogP contribution < -0.4 is 0 Å². The molecule has 0 fully saturated rings. The number of carbonyl (C=O) groups is 1. The van der Waals surface area contributed by atoms with Crippen LogP contribution in [0.25, 0.3) is 22.0 Å². The largest absolute Gasteiger partial charge is 0.512 e. The van der Waals surface area contributed by atoms with E-state index in [-0.39, 0.29) is 37.1 Å². The summed E-state index contributed by atoms with van der Waals surface area (Å²) in [7, 11) is 0. The molecule has 0 saturated carbocycles. The average molecular weight is 623 g/mol. The van der Waals surface area contributed by atoms with E-state index < -0.39 is 5.41 Å². The number of aliphatic hydroxyl groups excluding tert-OH is 1. The maximum absolute atomic E-state index is 11.5. The summed E-state index contributed by atoms with van der Waals surface area (Å²) in [5.74, 6) is 0.104. The van der Waals surface area contributed by atoms with Gasteiger partial charge in [-0.25, -0.2) is 0 Å². The molecular formula is C29H36IrNO2-. The first-order valence-electron chi connectivity index (χ1n) is 11.0. The van der Waals surface area contributed by atoms with Crippen LogP contribution in [0.2, 0.25) is 0 Å². The Morgan fingerprint density at radius 1 is 0.939 bits per heavy atom. The van der Waals surface area contributed by atoms with Gasteiger partial charge in [-0.1, -0.05) is 79.7 Å². The zero-order valence-electron chi connectivity index (χ0n) is 21.3. The molecule has 179 valence electrons. The van der Waals surface area contributed by atoms with Crippen molar-refractivity contribution >= 4 is 16.6 Å². The normalized spacial score (nSPS) is 12.0. The Balaban J connectivity index is 0.000000346. The zero-order chi connectivity index (χ0) is 24.3. The molecule has 0 aliphatic carbocycles. The third-order valence-electron chi connectivity index (χ3n) is 5.17. The summed E-state index contributed by atoms with van der Waals surface area (Å²) in [4.78, 5) is 16.1. The first-order valence-corrected chi connectivity index (χ1v) is 11.0. The Morgan fingerprint density at radius 3 is 2.03 bits per heavy atom. The van der Waals surface area contributed by atoms with Crippen LogP contribution in [0.15, 0.2) is 54.4 Å². The third kappa shape index (κ3) is 7.91. The van der Waals surface area contributed by atoms with Crippen LogP contribution in [0.1, 0.15) is 58.2 Å². The van der Waals surface area contributed by atoms with Gasteiger partial charge >= 0.3 is 0 Å². The molecule has 3 aromatic rings. The van der Waals surface area contributed by atoms with Crippen LogP contribution in [0.3, 0.4) is 0 Å². The van der Waals surface area contributed by atoms with E-state index in [2.05, 4.69) is 68.2 Å². The van der Waals surface area contributed by atoms with Gasteiger partial charge in [-0.05, 0) is 29.0 Å². The van der Waals surface area contributed by atoms with E-state index >= 15 is 0 Å². The molecule has 0 spiro atoms. The summed E-state index contributed by atoms with van der Waals surface area (Å²) >= 11 is 0. The van der Waals surface area contributed by atoms with Gasteiger partial charge in [-0.3, -0.25) is 4.79 Å². The van der Waals surface area contributed by atoms with Crippen molar-refractivity contribution in [1.29, 1.82) is 0 Å².